The summed E-state index contributed by atoms with van der Waals surface area (Å²) in [6.07, 6.45) is 3.89. The lowest BCUT2D eigenvalue weighted by Crippen LogP contribution is -2.32. The highest BCUT2D eigenvalue weighted by Crippen LogP contribution is 2.43. The zero-order valence-electron chi connectivity index (χ0n) is 16.6. The number of allylic oxidation sites excluding steroid dienone is 2. The Bertz CT molecular complexity index is 1050. The number of anilines is 2. The van der Waals surface area contributed by atoms with E-state index in [0.29, 0.717) is 34.3 Å². The molecule has 0 radical (unpaired) electrons. The highest BCUT2D eigenvalue weighted by atomic mass is 32.2. The predicted octanol–water partition coefficient (Wildman–Crippen LogP) is 3.68. The Balaban J connectivity index is 1.87. The van der Waals surface area contributed by atoms with Crippen molar-refractivity contribution in [2.75, 3.05) is 30.1 Å². The Hall–Kier alpha value is -2.80. The lowest BCUT2D eigenvalue weighted by Gasteiger charge is -2.33. The van der Waals surface area contributed by atoms with Gasteiger partial charge in [0.1, 0.15) is 5.82 Å². The molecule has 4 rings (SSSR count). The molecule has 7 heteroatoms. The largest absolute Gasteiger partial charge is 0.378 e. The van der Waals surface area contributed by atoms with Gasteiger partial charge in [-0.2, -0.15) is 0 Å². The maximum absolute atomic E-state index is 13.1. The molecule has 0 bridgehead atoms. The minimum atomic E-state index is -0.403. The molecule has 2 aliphatic rings. The second-order valence-corrected chi connectivity index (χ2v) is 8.45. The number of hydrogen-bond donors (Lipinski definition) is 2. The van der Waals surface area contributed by atoms with Crippen LogP contribution in [0, 0.1) is 0 Å². The fraction of sp³-hybridized carbons (Fsp3) is 0.318. The number of aromatic amines is 1. The molecular weight excluding hydrogens is 384 g/mol. The van der Waals surface area contributed by atoms with Crippen LogP contribution in [0.3, 0.4) is 0 Å². The number of nitrogens with zero attached hydrogens (tertiary/aromatic N) is 2. The molecule has 1 aliphatic heterocycles. The van der Waals surface area contributed by atoms with Crippen molar-refractivity contribution >= 4 is 29.1 Å². The van der Waals surface area contributed by atoms with Crippen LogP contribution in [0.1, 0.15) is 36.3 Å². The number of Topliss-reactive ketones (excluding diaryl/α,β-unsaturated/α-hetero) is 1. The summed E-state index contributed by atoms with van der Waals surface area (Å²) in [6, 6.07) is 8.03. The summed E-state index contributed by atoms with van der Waals surface area (Å²) in [4.78, 5) is 35.5. The molecule has 1 aromatic heterocycles. The molecule has 0 unspecified atom stereocenters. The maximum Gasteiger partial charge on any atom is 0.257 e. The van der Waals surface area contributed by atoms with Gasteiger partial charge in [-0.15, -0.1) is 6.58 Å². The van der Waals surface area contributed by atoms with Crippen LogP contribution in [0.4, 0.5) is 11.5 Å². The minimum Gasteiger partial charge on any atom is -0.378 e. The van der Waals surface area contributed by atoms with Gasteiger partial charge < -0.3 is 15.2 Å². The molecule has 0 saturated carbocycles. The highest BCUT2D eigenvalue weighted by Gasteiger charge is 2.37. The SMILES string of the molecule is C=CCSc1nc2c(c(=O)[nH]1)[C@H](c1ccc(N(C)C)cc1)C1=C(CCCC1=O)N2. The molecule has 0 amide bonds. The van der Waals surface area contributed by atoms with Gasteiger partial charge in [-0.05, 0) is 30.5 Å². The van der Waals surface area contributed by atoms with Gasteiger partial charge in [0, 0.05) is 49.1 Å². The number of carbonyl (C=O) groups excluding carboxylic acids is 1. The molecule has 150 valence electrons. The molecule has 2 N–H and O–H groups in total. The number of benzene rings is 1. The summed E-state index contributed by atoms with van der Waals surface area (Å²) in [5.74, 6) is 0.912. The van der Waals surface area contributed by atoms with Gasteiger partial charge in [-0.25, -0.2) is 4.98 Å². The summed E-state index contributed by atoms with van der Waals surface area (Å²) in [5.41, 5.74) is 3.91. The van der Waals surface area contributed by atoms with Crippen LogP contribution >= 0.6 is 11.8 Å². The third kappa shape index (κ3) is 3.62. The Labute approximate surface area is 174 Å². The van der Waals surface area contributed by atoms with E-state index in [4.69, 9.17) is 0 Å². The monoisotopic (exact) mass is 408 g/mol. The van der Waals surface area contributed by atoms with Crippen LogP contribution in [-0.4, -0.2) is 35.6 Å². The average molecular weight is 409 g/mol. The summed E-state index contributed by atoms with van der Waals surface area (Å²) in [7, 11) is 3.97. The molecule has 1 aromatic carbocycles. The smallest absolute Gasteiger partial charge is 0.257 e. The van der Waals surface area contributed by atoms with Crippen molar-refractivity contribution in [3.63, 3.8) is 0 Å². The van der Waals surface area contributed by atoms with Crippen molar-refractivity contribution in [2.45, 2.75) is 30.3 Å². The minimum absolute atomic E-state index is 0.107. The number of thioether (sulfide) groups is 1. The zero-order valence-corrected chi connectivity index (χ0v) is 17.4. The Morgan fingerprint density at radius 3 is 2.69 bits per heavy atom. The van der Waals surface area contributed by atoms with Crippen molar-refractivity contribution in [2.24, 2.45) is 0 Å². The maximum atomic E-state index is 13.1. The van der Waals surface area contributed by atoms with Crippen molar-refractivity contribution in [3.8, 4) is 0 Å². The van der Waals surface area contributed by atoms with Gasteiger partial charge in [0.25, 0.3) is 5.56 Å². The van der Waals surface area contributed by atoms with Crippen LogP contribution in [0.5, 0.6) is 0 Å². The van der Waals surface area contributed by atoms with Gasteiger partial charge in [0.2, 0.25) is 0 Å². The van der Waals surface area contributed by atoms with Crippen LogP contribution in [0.2, 0.25) is 0 Å². The normalized spacial score (nSPS) is 18.0. The molecular formula is C22H24N4O2S. The van der Waals surface area contributed by atoms with Gasteiger partial charge in [-0.1, -0.05) is 30.0 Å². The number of nitrogens with one attached hydrogen (secondary N) is 2. The Kier molecular flexibility index (Phi) is 5.32. The number of hydrogen-bond acceptors (Lipinski definition) is 6. The number of rotatable bonds is 5. The second-order valence-electron chi connectivity index (χ2n) is 7.45. The van der Waals surface area contributed by atoms with E-state index in [2.05, 4.69) is 21.9 Å². The van der Waals surface area contributed by atoms with Gasteiger partial charge in [-0.3, -0.25) is 9.59 Å². The van der Waals surface area contributed by atoms with Crippen LogP contribution < -0.4 is 15.8 Å². The van der Waals surface area contributed by atoms with Crippen molar-refractivity contribution in [1.82, 2.24) is 9.97 Å². The van der Waals surface area contributed by atoms with E-state index in [1.54, 1.807) is 6.08 Å². The first-order chi connectivity index (χ1) is 14.0. The number of aromatic nitrogens is 2. The average Bonchev–Trinajstić information content (AvgIpc) is 2.71. The first-order valence-corrected chi connectivity index (χ1v) is 10.7. The summed E-state index contributed by atoms with van der Waals surface area (Å²) >= 11 is 1.43. The fourth-order valence-corrected chi connectivity index (χ4v) is 4.54. The fourth-order valence-electron chi connectivity index (χ4n) is 3.94. The molecule has 6 nitrogen and oxygen atoms in total. The van der Waals surface area contributed by atoms with E-state index >= 15 is 0 Å². The lowest BCUT2D eigenvalue weighted by atomic mass is 9.76. The molecule has 0 spiro atoms. The molecule has 1 atom stereocenters. The Morgan fingerprint density at radius 2 is 2.00 bits per heavy atom. The molecule has 0 saturated heterocycles. The molecule has 2 aromatic rings. The van der Waals surface area contributed by atoms with Crippen molar-refractivity contribution in [1.29, 1.82) is 0 Å². The topological polar surface area (TPSA) is 78.1 Å². The second kappa shape index (κ2) is 7.91. The first kappa shape index (κ1) is 19.5. The number of carbonyl (C=O) groups is 1. The lowest BCUT2D eigenvalue weighted by molar-refractivity contribution is -0.116. The van der Waals surface area contributed by atoms with Gasteiger partial charge in [0.15, 0.2) is 10.9 Å². The zero-order chi connectivity index (χ0) is 20.5. The summed E-state index contributed by atoms with van der Waals surface area (Å²) in [5, 5.41) is 3.85. The highest BCUT2D eigenvalue weighted by molar-refractivity contribution is 7.99. The predicted molar refractivity (Wildman–Crippen MR) is 118 cm³/mol. The molecule has 2 heterocycles. The third-order valence-electron chi connectivity index (χ3n) is 5.32. The van der Waals surface area contributed by atoms with E-state index < -0.39 is 5.92 Å². The van der Waals surface area contributed by atoms with Crippen LogP contribution in [0.25, 0.3) is 0 Å². The van der Waals surface area contributed by atoms with Crippen LogP contribution in [0.15, 0.2) is 58.1 Å². The molecule has 0 fully saturated rings. The summed E-state index contributed by atoms with van der Waals surface area (Å²) in [6.45, 7) is 3.71. The van der Waals surface area contributed by atoms with Crippen LogP contribution in [-0.2, 0) is 4.79 Å². The van der Waals surface area contributed by atoms with E-state index in [-0.39, 0.29) is 11.3 Å². The van der Waals surface area contributed by atoms with Crippen molar-refractivity contribution < 1.29 is 4.79 Å². The van der Waals surface area contributed by atoms with Gasteiger partial charge in [0.05, 0.1) is 5.56 Å². The van der Waals surface area contributed by atoms with E-state index in [9.17, 15) is 9.59 Å². The Morgan fingerprint density at radius 1 is 1.24 bits per heavy atom. The quantitative estimate of drug-likeness (QED) is 0.446. The third-order valence-corrected chi connectivity index (χ3v) is 6.19. The summed E-state index contributed by atoms with van der Waals surface area (Å²) < 4.78 is 0. The van der Waals surface area contributed by atoms with E-state index in [1.165, 1.54) is 11.8 Å². The van der Waals surface area contributed by atoms with E-state index in [0.717, 1.165) is 29.8 Å². The van der Waals surface area contributed by atoms with Crippen molar-refractivity contribution in [3.05, 3.63) is 69.7 Å². The standard InChI is InChI=1S/C22H24N4O2S/c1-4-12-29-22-24-20-19(21(28)25-22)17(13-8-10-14(11-9-13)26(2)3)18-15(23-20)6-5-7-16(18)27/h4,8-11,17H,1,5-7,12H2,2-3H3,(H2,23,24,25,28)/t17-/m1/s1. The number of fused-ring (bicyclic) bond motifs is 1. The number of H-pyrrole nitrogens is 1. The van der Waals surface area contributed by atoms with E-state index in [1.807, 2.05) is 43.3 Å². The first-order valence-electron chi connectivity index (χ1n) is 9.68. The molecule has 29 heavy (non-hydrogen) atoms. The number of ketones is 1. The van der Waals surface area contributed by atoms with Gasteiger partial charge >= 0.3 is 0 Å². The molecule has 1 aliphatic carbocycles.